The predicted octanol–water partition coefficient (Wildman–Crippen LogP) is 2.67. The van der Waals surface area contributed by atoms with E-state index in [1.165, 1.54) is 12.1 Å². The first kappa shape index (κ1) is 16.6. The maximum absolute atomic E-state index is 13.8. The van der Waals surface area contributed by atoms with E-state index in [4.69, 9.17) is 0 Å². The molecule has 0 saturated carbocycles. The minimum atomic E-state index is -2.93. The number of hydrogen-bond acceptors (Lipinski definition) is 2. The first-order chi connectivity index (χ1) is 9.21. The summed E-state index contributed by atoms with van der Waals surface area (Å²) in [5, 5.41) is 5.41. The molecule has 0 aliphatic carbocycles. The molecule has 0 heterocycles. The van der Waals surface area contributed by atoms with Crippen LogP contribution in [-0.4, -0.2) is 24.5 Å². The molecule has 3 nitrogen and oxygen atoms in total. The third kappa shape index (κ3) is 6.10. The molecule has 1 aromatic rings. The van der Waals surface area contributed by atoms with Gasteiger partial charge in [0.05, 0.1) is 6.54 Å². The van der Waals surface area contributed by atoms with E-state index < -0.39 is 12.5 Å². The summed E-state index contributed by atoms with van der Waals surface area (Å²) in [6.45, 7) is 5.38. The topological polar surface area (TPSA) is 41.1 Å². The van der Waals surface area contributed by atoms with Crippen LogP contribution in [-0.2, 0) is 10.7 Å². The molecule has 0 aliphatic rings. The number of carbonyl (C=O) groups excluding carboxylic acids is 1. The van der Waals surface area contributed by atoms with Crippen LogP contribution in [0.15, 0.2) is 30.3 Å². The van der Waals surface area contributed by atoms with E-state index >= 15 is 0 Å². The van der Waals surface area contributed by atoms with Crippen molar-refractivity contribution < 1.29 is 13.6 Å². The van der Waals surface area contributed by atoms with Crippen molar-refractivity contribution in [2.75, 3.05) is 13.1 Å². The SMILES string of the molecule is CC(C)(C)NC(=O)CCNCC(F)(F)c1ccccc1. The lowest BCUT2D eigenvalue weighted by molar-refractivity contribution is -0.122. The third-order valence-corrected chi connectivity index (χ3v) is 2.59. The fraction of sp³-hybridized carbons (Fsp3) is 0.533. The molecule has 112 valence electrons. The zero-order valence-electron chi connectivity index (χ0n) is 12.2. The van der Waals surface area contributed by atoms with Crippen LogP contribution >= 0.6 is 0 Å². The maximum atomic E-state index is 13.8. The van der Waals surface area contributed by atoms with E-state index in [9.17, 15) is 13.6 Å². The summed E-state index contributed by atoms with van der Waals surface area (Å²) in [5.41, 5.74) is -0.322. The van der Waals surface area contributed by atoms with Crippen molar-refractivity contribution in [2.45, 2.75) is 38.7 Å². The van der Waals surface area contributed by atoms with Gasteiger partial charge in [0, 0.05) is 24.1 Å². The van der Waals surface area contributed by atoms with E-state index in [1.54, 1.807) is 18.2 Å². The highest BCUT2D eigenvalue weighted by molar-refractivity contribution is 5.76. The largest absolute Gasteiger partial charge is 0.351 e. The molecule has 0 saturated heterocycles. The Morgan fingerprint density at radius 2 is 1.75 bits per heavy atom. The quantitative estimate of drug-likeness (QED) is 0.789. The monoisotopic (exact) mass is 284 g/mol. The second kappa shape index (κ2) is 6.79. The minimum absolute atomic E-state index is 0.0216. The zero-order chi connectivity index (χ0) is 15.2. The number of nitrogens with one attached hydrogen (secondary N) is 2. The molecule has 1 amide bonds. The lowest BCUT2D eigenvalue weighted by Crippen LogP contribution is -2.42. The second-order valence-electron chi connectivity index (χ2n) is 5.80. The predicted molar refractivity (Wildman–Crippen MR) is 75.7 cm³/mol. The van der Waals surface area contributed by atoms with Crippen LogP contribution in [0.2, 0.25) is 0 Å². The van der Waals surface area contributed by atoms with Crippen LogP contribution in [0.3, 0.4) is 0 Å². The minimum Gasteiger partial charge on any atom is -0.351 e. The highest BCUT2D eigenvalue weighted by atomic mass is 19.3. The Morgan fingerprint density at radius 1 is 1.15 bits per heavy atom. The summed E-state index contributed by atoms with van der Waals surface area (Å²) in [6, 6.07) is 7.66. The highest BCUT2D eigenvalue weighted by Gasteiger charge is 2.30. The Labute approximate surface area is 118 Å². The molecule has 1 aromatic carbocycles. The molecule has 0 aliphatic heterocycles. The normalized spacial score (nSPS) is 12.2. The third-order valence-electron chi connectivity index (χ3n) is 2.59. The van der Waals surface area contributed by atoms with Gasteiger partial charge in [-0.05, 0) is 20.8 Å². The van der Waals surface area contributed by atoms with Crippen molar-refractivity contribution in [1.29, 1.82) is 0 Å². The number of benzene rings is 1. The van der Waals surface area contributed by atoms with Crippen molar-refractivity contribution in [3.63, 3.8) is 0 Å². The van der Waals surface area contributed by atoms with Crippen LogP contribution in [0.4, 0.5) is 8.78 Å². The van der Waals surface area contributed by atoms with Crippen molar-refractivity contribution >= 4 is 5.91 Å². The van der Waals surface area contributed by atoms with Gasteiger partial charge in [0.25, 0.3) is 5.92 Å². The average Bonchev–Trinajstić information content (AvgIpc) is 2.34. The van der Waals surface area contributed by atoms with Gasteiger partial charge in [0.2, 0.25) is 5.91 Å². The Kier molecular flexibility index (Phi) is 5.62. The molecule has 0 fully saturated rings. The van der Waals surface area contributed by atoms with Crippen molar-refractivity contribution in [3.05, 3.63) is 35.9 Å². The molecule has 0 bridgehead atoms. The van der Waals surface area contributed by atoms with Gasteiger partial charge in [-0.2, -0.15) is 8.78 Å². The molecule has 2 N–H and O–H groups in total. The fourth-order valence-corrected chi connectivity index (χ4v) is 1.71. The smallest absolute Gasteiger partial charge is 0.285 e. The standard InChI is InChI=1S/C15H22F2N2O/c1-14(2,3)19-13(20)9-10-18-11-15(16,17)12-7-5-4-6-8-12/h4-8,18H,9-11H2,1-3H3,(H,19,20). The van der Waals surface area contributed by atoms with Gasteiger partial charge >= 0.3 is 0 Å². The molecular weight excluding hydrogens is 262 g/mol. The molecule has 5 heteroatoms. The van der Waals surface area contributed by atoms with Gasteiger partial charge in [-0.15, -0.1) is 0 Å². The maximum Gasteiger partial charge on any atom is 0.285 e. The summed E-state index contributed by atoms with van der Waals surface area (Å²) in [4.78, 5) is 11.5. The van der Waals surface area contributed by atoms with Crippen molar-refractivity contribution in [1.82, 2.24) is 10.6 Å². The van der Waals surface area contributed by atoms with E-state index in [-0.39, 0.29) is 30.0 Å². The van der Waals surface area contributed by atoms with Gasteiger partial charge in [-0.3, -0.25) is 4.79 Å². The highest BCUT2D eigenvalue weighted by Crippen LogP contribution is 2.26. The Morgan fingerprint density at radius 3 is 2.30 bits per heavy atom. The van der Waals surface area contributed by atoms with Crippen LogP contribution in [0, 0.1) is 0 Å². The number of hydrogen-bond donors (Lipinski definition) is 2. The molecule has 0 radical (unpaired) electrons. The first-order valence-corrected chi connectivity index (χ1v) is 6.66. The first-order valence-electron chi connectivity index (χ1n) is 6.66. The summed E-state index contributed by atoms with van der Waals surface area (Å²) < 4.78 is 27.6. The molecule has 1 rings (SSSR count). The van der Waals surface area contributed by atoms with Gasteiger partial charge in [-0.25, -0.2) is 0 Å². The van der Waals surface area contributed by atoms with Crippen LogP contribution in [0.25, 0.3) is 0 Å². The van der Waals surface area contributed by atoms with Gasteiger partial charge in [-0.1, -0.05) is 30.3 Å². The molecular formula is C15H22F2N2O. The average molecular weight is 284 g/mol. The summed E-state index contributed by atoms with van der Waals surface area (Å²) in [7, 11) is 0. The van der Waals surface area contributed by atoms with Crippen LogP contribution in [0.5, 0.6) is 0 Å². The molecule has 0 unspecified atom stereocenters. The van der Waals surface area contributed by atoms with Crippen LogP contribution in [0.1, 0.15) is 32.8 Å². The van der Waals surface area contributed by atoms with E-state index in [0.29, 0.717) is 0 Å². The van der Waals surface area contributed by atoms with Crippen molar-refractivity contribution in [2.24, 2.45) is 0 Å². The fourth-order valence-electron chi connectivity index (χ4n) is 1.71. The molecule has 0 spiro atoms. The summed E-state index contributed by atoms with van der Waals surface area (Å²) in [6.07, 6.45) is 0.183. The lowest BCUT2D eigenvalue weighted by Gasteiger charge is -2.21. The van der Waals surface area contributed by atoms with E-state index in [0.717, 1.165) is 0 Å². The van der Waals surface area contributed by atoms with Crippen molar-refractivity contribution in [3.8, 4) is 0 Å². The van der Waals surface area contributed by atoms with Gasteiger partial charge in [0.1, 0.15) is 0 Å². The number of carbonyl (C=O) groups is 1. The van der Waals surface area contributed by atoms with E-state index in [1.807, 2.05) is 20.8 Å². The summed E-state index contributed by atoms with van der Waals surface area (Å²) >= 11 is 0. The molecule has 0 atom stereocenters. The van der Waals surface area contributed by atoms with Gasteiger partial charge < -0.3 is 10.6 Å². The number of alkyl halides is 2. The van der Waals surface area contributed by atoms with Crippen LogP contribution < -0.4 is 10.6 Å². The zero-order valence-corrected chi connectivity index (χ0v) is 12.2. The lowest BCUT2D eigenvalue weighted by atomic mass is 10.1. The second-order valence-corrected chi connectivity index (χ2v) is 5.80. The van der Waals surface area contributed by atoms with Gasteiger partial charge in [0.15, 0.2) is 0 Å². The summed E-state index contributed by atoms with van der Waals surface area (Å²) in [5.74, 6) is -3.07. The number of rotatable bonds is 6. The van der Waals surface area contributed by atoms with E-state index in [2.05, 4.69) is 10.6 Å². The number of amides is 1. The Bertz CT molecular complexity index is 427. The Balaban J connectivity index is 2.32. The number of halogens is 2. The molecule has 20 heavy (non-hydrogen) atoms. The molecule has 0 aromatic heterocycles. The Hall–Kier alpha value is -1.49.